The third-order valence-electron chi connectivity index (χ3n) is 4.50. The molecule has 0 unspecified atom stereocenters. The molecule has 1 N–H and O–H groups in total. The number of aromatic carboxylic acids is 1. The zero-order chi connectivity index (χ0) is 19.1. The molecule has 26 heavy (non-hydrogen) atoms. The second-order valence-electron chi connectivity index (χ2n) is 6.30. The number of nitrogens with zero attached hydrogens (tertiary/aromatic N) is 5. The average molecular weight is 369 g/mol. The van der Waals surface area contributed by atoms with Crippen LogP contribution in [0.15, 0.2) is 12.3 Å². The third kappa shape index (κ3) is 3.49. The Labute approximate surface area is 147 Å². The molecule has 0 atom stereocenters. The fourth-order valence-corrected chi connectivity index (χ4v) is 3.15. The van der Waals surface area contributed by atoms with Crippen molar-refractivity contribution in [3.63, 3.8) is 0 Å². The fourth-order valence-electron chi connectivity index (χ4n) is 3.15. The number of halogens is 3. The summed E-state index contributed by atoms with van der Waals surface area (Å²) in [5.41, 5.74) is 0.0426. The standard InChI is InChI=1S/C16H18F3N5O2/c1-9-7-13(16(17,18)19)22-15(21-9)23-5-3-11(4-6-23)24-10(2)12(8-20-24)14(25)26/h7-8,11H,3-6H2,1-2H3,(H,25,26). The Morgan fingerprint density at radius 3 is 2.42 bits per heavy atom. The summed E-state index contributed by atoms with van der Waals surface area (Å²) in [6.45, 7) is 4.13. The number of hydrogen-bond donors (Lipinski definition) is 1. The number of carbonyl (C=O) groups is 1. The highest BCUT2D eigenvalue weighted by Crippen LogP contribution is 2.31. The summed E-state index contributed by atoms with van der Waals surface area (Å²) in [5, 5.41) is 13.3. The van der Waals surface area contributed by atoms with Gasteiger partial charge in [0, 0.05) is 18.8 Å². The van der Waals surface area contributed by atoms with Crippen LogP contribution in [0.2, 0.25) is 0 Å². The number of carboxylic acid groups (broad SMARTS) is 1. The van der Waals surface area contributed by atoms with Gasteiger partial charge in [0.2, 0.25) is 5.95 Å². The van der Waals surface area contributed by atoms with E-state index in [0.717, 1.165) is 6.07 Å². The summed E-state index contributed by atoms with van der Waals surface area (Å²) in [7, 11) is 0. The van der Waals surface area contributed by atoms with E-state index in [0.29, 0.717) is 31.6 Å². The van der Waals surface area contributed by atoms with Gasteiger partial charge in [-0.25, -0.2) is 14.8 Å². The van der Waals surface area contributed by atoms with Crippen molar-refractivity contribution in [3.05, 3.63) is 34.9 Å². The highest BCUT2D eigenvalue weighted by atomic mass is 19.4. The molecule has 7 nitrogen and oxygen atoms in total. The van der Waals surface area contributed by atoms with Crippen LogP contribution < -0.4 is 4.90 Å². The molecule has 0 amide bonds. The molecule has 1 aliphatic heterocycles. The second-order valence-corrected chi connectivity index (χ2v) is 6.30. The Hall–Kier alpha value is -2.65. The van der Waals surface area contributed by atoms with Crippen molar-refractivity contribution in [1.29, 1.82) is 0 Å². The molecule has 1 fully saturated rings. The minimum absolute atomic E-state index is 0.00811. The van der Waals surface area contributed by atoms with E-state index in [1.807, 2.05) is 0 Å². The van der Waals surface area contributed by atoms with E-state index in [9.17, 15) is 18.0 Å². The first-order valence-corrected chi connectivity index (χ1v) is 8.12. The van der Waals surface area contributed by atoms with E-state index in [1.54, 1.807) is 16.5 Å². The Kier molecular flexibility index (Phi) is 4.59. The summed E-state index contributed by atoms with van der Waals surface area (Å²) in [6, 6.07) is 0.919. The van der Waals surface area contributed by atoms with Crippen molar-refractivity contribution in [2.75, 3.05) is 18.0 Å². The smallest absolute Gasteiger partial charge is 0.433 e. The average Bonchev–Trinajstić information content (AvgIpc) is 2.95. The molecule has 3 rings (SSSR count). The molecule has 10 heteroatoms. The van der Waals surface area contributed by atoms with E-state index in [2.05, 4.69) is 15.1 Å². The lowest BCUT2D eigenvalue weighted by Crippen LogP contribution is -2.36. The van der Waals surface area contributed by atoms with Gasteiger partial charge in [-0.1, -0.05) is 0 Å². The molecule has 0 radical (unpaired) electrons. The van der Waals surface area contributed by atoms with Gasteiger partial charge in [-0.2, -0.15) is 18.3 Å². The molecule has 2 aromatic heterocycles. The molecule has 2 aromatic rings. The number of piperidine rings is 1. The summed E-state index contributed by atoms with van der Waals surface area (Å²) in [4.78, 5) is 20.6. The van der Waals surface area contributed by atoms with Gasteiger partial charge in [-0.05, 0) is 32.8 Å². The van der Waals surface area contributed by atoms with Crippen molar-refractivity contribution in [1.82, 2.24) is 19.7 Å². The first-order chi connectivity index (χ1) is 12.2. The van der Waals surface area contributed by atoms with Gasteiger partial charge >= 0.3 is 12.1 Å². The molecule has 0 spiro atoms. The highest BCUT2D eigenvalue weighted by molar-refractivity contribution is 5.88. The van der Waals surface area contributed by atoms with Gasteiger partial charge in [0.1, 0.15) is 11.3 Å². The summed E-state index contributed by atoms with van der Waals surface area (Å²) >= 11 is 0. The lowest BCUT2D eigenvalue weighted by atomic mass is 10.1. The molecule has 1 saturated heterocycles. The van der Waals surface area contributed by atoms with Gasteiger partial charge < -0.3 is 10.0 Å². The van der Waals surface area contributed by atoms with Gasteiger partial charge in [0.15, 0.2) is 0 Å². The minimum Gasteiger partial charge on any atom is -0.478 e. The largest absolute Gasteiger partial charge is 0.478 e. The van der Waals surface area contributed by atoms with E-state index >= 15 is 0 Å². The number of rotatable bonds is 3. The van der Waals surface area contributed by atoms with E-state index < -0.39 is 17.8 Å². The first kappa shape index (κ1) is 18.2. The number of aromatic nitrogens is 4. The van der Waals surface area contributed by atoms with Crippen LogP contribution in [-0.4, -0.2) is 43.9 Å². The Morgan fingerprint density at radius 1 is 1.23 bits per heavy atom. The second kappa shape index (κ2) is 6.58. The zero-order valence-corrected chi connectivity index (χ0v) is 14.3. The van der Waals surface area contributed by atoms with Crippen LogP contribution in [0, 0.1) is 13.8 Å². The van der Waals surface area contributed by atoms with Crippen molar-refractivity contribution in [2.24, 2.45) is 0 Å². The third-order valence-corrected chi connectivity index (χ3v) is 4.50. The number of anilines is 1. The molecule has 0 aliphatic carbocycles. The Morgan fingerprint density at radius 2 is 1.88 bits per heavy atom. The Balaban J connectivity index is 1.75. The normalized spacial score (nSPS) is 16.1. The minimum atomic E-state index is -4.51. The molecule has 3 heterocycles. The van der Waals surface area contributed by atoms with Crippen molar-refractivity contribution in [2.45, 2.75) is 38.9 Å². The molecule has 0 saturated carbocycles. The van der Waals surface area contributed by atoms with Crippen LogP contribution in [0.25, 0.3) is 0 Å². The molecular weight excluding hydrogens is 351 g/mol. The van der Waals surface area contributed by atoms with Crippen molar-refractivity contribution in [3.8, 4) is 0 Å². The number of hydrogen-bond acceptors (Lipinski definition) is 5. The lowest BCUT2D eigenvalue weighted by molar-refractivity contribution is -0.141. The maximum atomic E-state index is 12.9. The number of carboxylic acids is 1. The Bertz CT molecular complexity index is 826. The van der Waals surface area contributed by atoms with Crippen LogP contribution in [0.5, 0.6) is 0 Å². The molecular formula is C16H18F3N5O2. The lowest BCUT2D eigenvalue weighted by Gasteiger charge is -2.33. The van der Waals surface area contributed by atoms with Gasteiger partial charge in [-0.3, -0.25) is 4.68 Å². The summed E-state index contributed by atoms with van der Waals surface area (Å²) < 4.78 is 40.5. The van der Waals surface area contributed by atoms with Crippen LogP contribution in [0.1, 0.15) is 46.3 Å². The summed E-state index contributed by atoms with van der Waals surface area (Å²) in [5.74, 6) is -0.960. The van der Waals surface area contributed by atoms with Crippen LogP contribution in [0.4, 0.5) is 19.1 Å². The number of aryl methyl sites for hydroxylation is 1. The molecule has 1 aliphatic rings. The quantitative estimate of drug-likeness (QED) is 0.896. The topological polar surface area (TPSA) is 84.1 Å². The first-order valence-electron chi connectivity index (χ1n) is 8.12. The maximum Gasteiger partial charge on any atom is 0.433 e. The predicted molar refractivity (Wildman–Crippen MR) is 86.2 cm³/mol. The van der Waals surface area contributed by atoms with Gasteiger partial charge in [0.05, 0.1) is 17.9 Å². The fraction of sp³-hybridized carbons (Fsp3) is 0.500. The maximum absolute atomic E-state index is 12.9. The number of alkyl halides is 3. The van der Waals surface area contributed by atoms with Crippen molar-refractivity contribution >= 4 is 11.9 Å². The van der Waals surface area contributed by atoms with Gasteiger partial charge in [0.25, 0.3) is 0 Å². The molecule has 0 aromatic carbocycles. The van der Waals surface area contributed by atoms with E-state index in [1.165, 1.54) is 13.1 Å². The van der Waals surface area contributed by atoms with E-state index in [-0.39, 0.29) is 23.2 Å². The summed E-state index contributed by atoms with van der Waals surface area (Å²) in [6.07, 6.45) is -1.97. The monoisotopic (exact) mass is 369 g/mol. The van der Waals surface area contributed by atoms with Crippen molar-refractivity contribution < 1.29 is 23.1 Å². The predicted octanol–water partition coefficient (Wildman–Crippen LogP) is 2.85. The highest BCUT2D eigenvalue weighted by Gasteiger charge is 2.34. The molecule has 0 bridgehead atoms. The zero-order valence-electron chi connectivity index (χ0n) is 14.3. The van der Waals surface area contributed by atoms with E-state index in [4.69, 9.17) is 5.11 Å². The van der Waals surface area contributed by atoms with Gasteiger partial charge in [-0.15, -0.1) is 0 Å². The SMILES string of the molecule is Cc1cc(C(F)(F)F)nc(N2CCC(n3ncc(C(=O)O)c3C)CC2)n1. The van der Waals surface area contributed by atoms with Crippen LogP contribution >= 0.6 is 0 Å². The molecule has 140 valence electrons. The van der Waals surface area contributed by atoms with Crippen LogP contribution in [-0.2, 0) is 6.18 Å². The van der Waals surface area contributed by atoms with Crippen LogP contribution in [0.3, 0.4) is 0 Å².